The number of esters is 1. The number of pyridine rings is 1. The van der Waals surface area contributed by atoms with Gasteiger partial charge in [-0.3, -0.25) is 14.7 Å². The quantitative estimate of drug-likeness (QED) is 0.232. The van der Waals surface area contributed by atoms with Gasteiger partial charge >= 0.3 is 12.1 Å². The number of ether oxygens (including phenoxy) is 2. The molecular weight excluding hydrogens is 530 g/mol. The van der Waals surface area contributed by atoms with Gasteiger partial charge in [0.15, 0.2) is 0 Å². The Bertz CT molecular complexity index is 1590. The van der Waals surface area contributed by atoms with E-state index in [9.17, 15) is 14.4 Å². The molecule has 0 saturated heterocycles. The average Bonchev–Trinajstić information content (AvgIpc) is 2.96. The Labute approximate surface area is 246 Å². The number of carbonyl (C=O) groups excluding carboxylic acids is 3. The Balaban J connectivity index is 1.74. The second-order valence-corrected chi connectivity index (χ2v) is 11.0. The van der Waals surface area contributed by atoms with Crippen LogP contribution in [0.1, 0.15) is 55.3 Å². The maximum atomic E-state index is 13.4. The molecule has 0 aliphatic carbocycles. The van der Waals surface area contributed by atoms with Crippen LogP contribution < -0.4 is 10.2 Å². The summed E-state index contributed by atoms with van der Waals surface area (Å²) >= 11 is 0. The number of carbonyl (C=O) groups is 3. The van der Waals surface area contributed by atoms with Crippen molar-refractivity contribution in [3.05, 3.63) is 102 Å². The van der Waals surface area contributed by atoms with E-state index in [0.29, 0.717) is 16.8 Å². The average molecular weight is 566 g/mol. The molecule has 8 nitrogen and oxygen atoms in total. The second kappa shape index (κ2) is 12.7. The van der Waals surface area contributed by atoms with Gasteiger partial charge in [0.25, 0.3) is 5.91 Å². The minimum atomic E-state index is -0.675. The van der Waals surface area contributed by atoms with Crippen molar-refractivity contribution in [1.82, 2.24) is 4.98 Å². The molecular formula is C34H35N3O5. The number of rotatable bonds is 7. The van der Waals surface area contributed by atoms with Crippen molar-refractivity contribution in [1.29, 1.82) is 0 Å². The van der Waals surface area contributed by atoms with Gasteiger partial charge in [0.1, 0.15) is 5.60 Å². The number of hydrogen-bond acceptors (Lipinski definition) is 6. The summed E-state index contributed by atoms with van der Waals surface area (Å²) in [5.41, 5.74) is 3.84. The van der Waals surface area contributed by atoms with E-state index in [2.05, 4.69) is 10.3 Å². The van der Waals surface area contributed by atoms with Gasteiger partial charge in [-0.1, -0.05) is 54.6 Å². The fourth-order valence-corrected chi connectivity index (χ4v) is 4.48. The Hall–Kier alpha value is -4.98. The molecule has 0 aliphatic rings. The third-order valence-electron chi connectivity index (χ3n) is 6.36. The maximum absolute atomic E-state index is 13.4. The molecule has 0 spiro atoms. The first-order valence-corrected chi connectivity index (χ1v) is 13.6. The van der Waals surface area contributed by atoms with Crippen molar-refractivity contribution in [3.8, 4) is 22.3 Å². The zero-order chi connectivity index (χ0) is 30.4. The summed E-state index contributed by atoms with van der Waals surface area (Å²) in [6.07, 6.45) is 2.69. The molecule has 0 unspecified atom stereocenters. The van der Waals surface area contributed by atoms with Crippen molar-refractivity contribution < 1.29 is 23.9 Å². The highest BCUT2D eigenvalue weighted by atomic mass is 16.6. The van der Waals surface area contributed by atoms with Gasteiger partial charge in [0, 0.05) is 29.6 Å². The van der Waals surface area contributed by atoms with Crippen LogP contribution in [0.3, 0.4) is 0 Å². The van der Waals surface area contributed by atoms with Crippen LogP contribution in [0.4, 0.5) is 16.2 Å². The van der Waals surface area contributed by atoms with Crippen LogP contribution in [0.2, 0.25) is 0 Å². The van der Waals surface area contributed by atoms with Crippen LogP contribution in [-0.4, -0.2) is 41.7 Å². The summed E-state index contributed by atoms with van der Waals surface area (Å²) in [4.78, 5) is 45.2. The number of anilines is 2. The molecule has 0 bridgehead atoms. The number of nitrogens with one attached hydrogen (secondary N) is 1. The van der Waals surface area contributed by atoms with E-state index in [1.807, 2.05) is 89.2 Å². The van der Waals surface area contributed by atoms with E-state index in [4.69, 9.17) is 9.47 Å². The number of hydrogen-bond donors (Lipinski definition) is 1. The van der Waals surface area contributed by atoms with Gasteiger partial charge in [-0.05, 0) is 70.0 Å². The maximum Gasteiger partial charge on any atom is 0.415 e. The Morgan fingerprint density at radius 3 is 2.19 bits per heavy atom. The lowest BCUT2D eigenvalue weighted by Gasteiger charge is -2.31. The van der Waals surface area contributed by atoms with Gasteiger partial charge in [0.2, 0.25) is 0 Å². The number of methoxy groups -OCH3 is 1. The lowest BCUT2D eigenvalue weighted by atomic mass is 9.99. The van der Waals surface area contributed by atoms with Crippen LogP contribution in [0.25, 0.3) is 22.3 Å². The van der Waals surface area contributed by atoms with Crippen LogP contribution in [0, 0.1) is 0 Å². The van der Waals surface area contributed by atoms with E-state index in [1.165, 1.54) is 13.3 Å². The monoisotopic (exact) mass is 565 g/mol. The van der Waals surface area contributed by atoms with Gasteiger partial charge in [-0.15, -0.1) is 0 Å². The van der Waals surface area contributed by atoms with Crippen LogP contribution >= 0.6 is 0 Å². The third-order valence-corrected chi connectivity index (χ3v) is 6.36. The summed E-state index contributed by atoms with van der Waals surface area (Å²) in [5, 5.41) is 2.87. The van der Waals surface area contributed by atoms with Crippen molar-refractivity contribution in [2.45, 2.75) is 46.3 Å². The van der Waals surface area contributed by atoms with Gasteiger partial charge in [-0.25, -0.2) is 9.59 Å². The van der Waals surface area contributed by atoms with Gasteiger partial charge < -0.3 is 14.8 Å². The molecule has 1 N–H and O–H groups in total. The van der Waals surface area contributed by atoms with E-state index >= 15 is 0 Å². The van der Waals surface area contributed by atoms with Crippen molar-refractivity contribution in [3.63, 3.8) is 0 Å². The molecule has 0 radical (unpaired) electrons. The molecule has 3 aromatic carbocycles. The van der Waals surface area contributed by atoms with E-state index in [0.717, 1.165) is 16.7 Å². The smallest absolute Gasteiger partial charge is 0.415 e. The van der Waals surface area contributed by atoms with Crippen LogP contribution in [0.5, 0.6) is 0 Å². The third kappa shape index (κ3) is 7.01. The van der Waals surface area contributed by atoms with E-state index in [-0.39, 0.29) is 17.3 Å². The molecule has 2 amide bonds. The predicted molar refractivity (Wildman–Crippen MR) is 165 cm³/mol. The summed E-state index contributed by atoms with van der Waals surface area (Å²) in [7, 11) is 1.28. The van der Waals surface area contributed by atoms with Crippen molar-refractivity contribution >= 4 is 29.3 Å². The summed E-state index contributed by atoms with van der Waals surface area (Å²) in [5.74, 6) is -1.03. The standard InChI is InChI=1S/C34H35N3O5/c1-22(2)37(33(40)42-34(3,4)5)30-15-11-10-14-27(30)24-16-17-28(32(39)41-6)29(19-24)36-31(38)26-18-25(20-35-21-26)23-12-8-7-9-13-23/h7-22H,1-6H3,(H,36,38). The number of benzene rings is 3. The summed E-state index contributed by atoms with van der Waals surface area (Å²) in [6, 6.07) is 23.6. The minimum Gasteiger partial charge on any atom is -0.465 e. The highest BCUT2D eigenvalue weighted by Crippen LogP contribution is 2.35. The largest absolute Gasteiger partial charge is 0.465 e. The molecule has 8 heteroatoms. The number of para-hydroxylation sites is 1. The van der Waals surface area contributed by atoms with Crippen LogP contribution in [0.15, 0.2) is 91.3 Å². The molecule has 1 heterocycles. The molecule has 4 aromatic rings. The van der Waals surface area contributed by atoms with Crippen molar-refractivity contribution in [2.75, 3.05) is 17.3 Å². The number of amides is 2. The molecule has 0 aliphatic heterocycles. The molecule has 42 heavy (non-hydrogen) atoms. The lowest BCUT2D eigenvalue weighted by Crippen LogP contribution is -2.41. The molecule has 4 rings (SSSR count). The lowest BCUT2D eigenvalue weighted by molar-refractivity contribution is 0.0567. The van der Waals surface area contributed by atoms with Crippen LogP contribution in [-0.2, 0) is 9.47 Å². The number of nitrogens with zero attached hydrogens (tertiary/aromatic N) is 2. The Morgan fingerprint density at radius 2 is 1.52 bits per heavy atom. The molecule has 0 fully saturated rings. The normalized spacial score (nSPS) is 11.1. The van der Waals surface area contributed by atoms with E-state index in [1.54, 1.807) is 35.4 Å². The predicted octanol–water partition coefficient (Wildman–Crippen LogP) is 7.60. The SMILES string of the molecule is COC(=O)c1ccc(-c2ccccc2N(C(=O)OC(C)(C)C)C(C)C)cc1NC(=O)c1cncc(-c2ccccc2)c1. The van der Waals surface area contributed by atoms with Gasteiger partial charge in [-0.2, -0.15) is 0 Å². The topological polar surface area (TPSA) is 97.8 Å². The van der Waals surface area contributed by atoms with E-state index < -0.39 is 23.6 Å². The molecule has 0 atom stereocenters. The van der Waals surface area contributed by atoms with Crippen molar-refractivity contribution in [2.24, 2.45) is 0 Å². The van der Waals surface area contributed by atoms with Gasteiger partial charge in [0.05, 0.1) is 29.6 Å². The first-order chi connectivity index (χ1) is 20.0. The highest BCUT2D eigenvalue weighted by Gasteiger charge is 2.28. The molecule has 0 saturated carbocycles. The number of aromatic nitrogens is 1. The summed E-state index contributed by atoms with van der Waals surface area (Å²) in [6.45, 7) is 9.28. The molecule has 216 valence electrons. The fraction of sp³-hybridized carbons (Fsp3) is 0.235. The Morgan fingerprint density at radius 1 is 0.833 bits per heavy atom. The molecule has 1 aromatic heterocycles. The fourth-order valence-electron chi connectivity index (χ4n) is 4.48. The zero-order valence-corrected chi connectivity index (χ0v) is 24.7. The first-order valence-electron chi connectivity index (χ1n) is 13.6. The minimum absolute atomic E-state index is 0.187. The summed E-state index contributed by atoms with van der Waals surface area (Å²) < 4.78 is 10.7. The highest BCUT2D eigenvalue weighted by molar-refractivity contribution is 6.09. The zero-order valence-electron chi connectivity index (χ0n) is 24.7. The first kappa shape index (κ1) is 30.0. The Kier molecular flexibility index (Phi) is 9.06. The second-order valence-electron chi connectivity index (χ2n) is 11.0.